The number of rotatable bonds is 6. The van der Waals surface area contributed by atoms with Crippen molar-refractivity contribution in [3.8, 4) is 0 Å². The molecule has 1 aliphatic heterocycles. The number of benzene rings is 4. The first-order valence-electron chi connectivity index (χ1n) is 11.6. The molecule has 4 aromatic carbocycles. The van der Waals surface area contributed by atoms with Crippen LogP contribution in [0.15, 0.2) is 97.3 Å². The summed E-state index contributed by atoms with van der Waals surface area (Å²) in [5.74, 6) is 0. The summed E-state index contributed by atoms with van der Waals surface area (Å²) in [4.78, 5) is 0. The van der Waals surface area contributed by atoms with E-state index in [1.54, 1.807) is 21.7 Å². The zero-order valence-corrected chi connectivity index (χ0v) is 21.7. The lowest BCUT2D eigenvalue weighted by Gasteiger charge is -2.37. The van der Waals surface area contributed by atoms with Gasteiger partial charge in [0.25, 0.3) is 8.45 Å². The summed E-state index contributed by atoms with van der Waals surface area (Å²) < 4.78 is 72.9. The average Bonchev–Trinajstić information content (AvgIpc) is 3.29. The first-order valence-corrected chi connectivity index (χ1v) is 14.2. The summed E-state index contributed by atoms with van der Waals surface area (Å²) in [6.07, 6.45) is 3.23. The first kappa shape index (κ1) is 25.5. The maximum Gasteiger partial charge on any atom is 0.523 e. The fourth-order valence-electron chi connectivity index (χ4n) is 4.65. The van der Waals surface area contributed by atoms with Crippen molar-refractivity contribution in [3.63, 3.8) is 0 Å². The van der Waals surface area contributed by atoms with E-state index in [1.807, 2.05) is 98.8 Å². The zero-order valence-electron chi connectivity index (χ0n) is 20.0. The van der Waals surface area contributed by atoms with E-state index in [1.165, 1.54) is 0 Å². The van der Waals surface area contributed by atoms with Gasteiger partial charge in [-0.3, -0.25) is 0 Å². The summed E-state index contributed by atoms with van der Waals surface area (Å²) in [5.41, 5.74) is -3.84. The Balaban J connectivity index is 1.57. The molecule has 0 bridgehead atoms. The van der Waals surface area contributed by atoms with E-state index >= 15 is 0 Å². The van der Waals surface area contributed by atoms with Crippen molar-refractivity contribution in [1.82, 2.24) is 9.34 Å². The molecule has 0 aromatic heterocycles. The minimum Gasteiger partial charge on any atom is -0.309 e. The molecular formula is C27H24F3N2O3PS. The van der Waals surface area contributed by atoms with Crippen molar-refractivity contribution in [2.24, 2.45) is 0 Å². The first-order chi connectivity index (χ1) is 17.6. The Hall–Kier alpha value is -3.13. The Labute approximate surface area is 214 Å². The lowest BCUT2D eigenvalue weighted by Crippen LogP contribution is -2.29. The van der Waals surface area contributed by atoms with E-state index in [-0.39, 0.29) is 0 Å². The Morgan fingerprint density at radius 2 is 1.11 bits per heavy atom. The molecule has 1 heterocycles. The number of nitrogens with zero attached hydrogens (tertiary/aromatic N) is 2. The molecule has 0 radical (unpaired) electrons. The summed E-state index contributed by atoms with van der Waals surface area (Å²) in [7, 11) is -8.27. The molecule has 0 saturated heterocycles. The number of alkyl halides is 3. The number of hydrogen-bond acceptors (Lipinski definition) is 5. The Kier molecular flexibility index (Phi) is 6.64. The minimum atomic E-state index is -5.86. The average molecular weight is 545 g/mol. The Bertz CT molecular complexity index is 1490. The highest BCUT2D eigenvalue weighted by molar-refractivity contribution is 7.91. The molecule has 37 heavy (non-hydrogen) atoms. The third kappa shape index (κ3) is 4.67. The number of hydrogen-bond donors (Lipinski definition) is 0. The quantitative estimate of drug-likeness (QED) is 0.182. The standard InChI is InChI=1S/C27H24F3N2O3PS/c1-19(23-15-7-11-21-9-3-5-13-25(21)23)31-17-18-32(36(31)35-37(33,34)27(28,29)30)20(2)24-16-8-12-22-10-4-6-14-26(22)24/h3-20H,1-2H3/t19-,20-/m0/s1. The fraction of sp³-hybridized carbons (Fsp3) is 0.185. The highest BCUT2D eigenvalue weighted by Crippen LogP contribution is 2.60. The van der Waals surface area contributed by atoms with E-state index < -0.39 is 36.2 Å². The molecule has 0 fully saturated rings. The van der Waals surface area contributed by atoms with Gasteiger partial charge in [0.1, 0.15) is 0 Å². The molecule has 4 aromatic rings. The minimum absolute atomic E-state index is 0.471. The van der Waals surface area contributed by atoms with E-state index in [0.29, 0.717) is 0 Å². The van der Waals surface area contributed by atoms with Crippen molar-refractivity contribution >= 4 is 40.1 Å². The van der Waals surface area contributed by atoms with Gasteiger partial charge in [0.15, 0.2) is 0 Å². The molecule has 2 atom stereocenters. The summed E-state index contributed by atoms with van der Waals surface area (Å²) in [6.45, 7) is 3.66. The molecule has 0 amide bonds. The van der Waals surface area contributed by atoms with Crippen LogP contribution in [0, 0.1) is 0 Å². The molecule has 10 heteroatoms. The maximum absolute atomic E-state index is 13.4. The van der Waals surface area contributed by atoms with Crippen LogP contribution in [0.4, 0.5) is 13.2 Å². The van der Waals surface area contributed by atoms with E-state index in [0.717, 1.165) is 32.7 Å². The van der Waals surface area contributed by atoms with Crippen LogP contribution in [0.5, 0.6) is 0 Å². The molecule has 0 unspecified atom stereocenters. The second kappa shape index (κ2) is 9.63. The van der Waals surface area contributed by atoms with Crippen molar-refractivity contribution in [2.75, 3.05) is 0 Å². The van der Waals surface area contributed by atoms with Crippen LogP contribution >= 0.6 is 8.45 Å². The predicted octanol–water partition coefficient (Wildman–Crippen LogP) is 8.00. The van der Waals surface area contributed by atoms with Crippen LogP contribution in [-0.4, -0.2) is 23.3 Å². The smallest absolute Gasteiger partial charge is 0.309 e. The lowest BCUT2D eigenvalue weighted by atomic mass is 10.00. The Morgan fingerprint density at radius 1 is 0.703 bits per heavy atom. The normalized spacial score (nSPS) is 16.6. The molecule has 0 saturated carbocycles. The second-order valence-electron chi connectivity index (χ2n) is 8.77. The molecular weight excluding hydrogens is 520 g/mol. The van der Waals surface area contributed by atoms with Crippen molar-refractivity contribution in [2.45, 2.75) is 31.4 Å². The SMILES string of the molecule is C[C@@H](c1cccc2ccccc12)N1C=CN([C@@H](C)c2cccc3ccccc23)P1OS(=O)(=O)C(F)(F)F. The molecule has 0 N–H and O–H groups in total. The molecule has 5 nitrogen and oxygen atoms in total. The van der Waals surface area contributed by atoms with Gasteiger partial charge in [0, 0.05) is 12.4 Å². The van der Waals surface area contributed by atoms with Gasteiger partial charge in [-0.15, -0.1) is 0 Å². The third-order valence-electron chi connectivity index (χ3n) is 6.56. The Morgan fingerprint density at radius 3 is 1.54 bits per heavy atom. The highest BCUT2D eigenvalue weighted by atomic mass is 32.2. The van der Waals surface area contributed by atoms with Crippen LogP contribution in [0.2, 0.25) is 0 Å². The van der Waals surface area contributed by atoms with Gasteiger partial charge >= 0.3 is 15.6 Å². The van der Waals surface area contributed by atoms with Crippen LogP contribution in [0.25, 0.3) is 21.5 Å². The van der Waals surface area contributed by atoms with Crippen molar-refractivity contribution in [1.29, 1.82) is 0 Å². The van der Waals surface area contributed by atoms with Gasteiger partial charge in [-0.25, -0.2) is 0 Å². The van der Waals surface area contributed by atoms with Gasteiger partial charge in [-0.2, -0.15) is 25.6 Å². The summed E-state index contributed by atoms with van der Waals surface area (Å²) in [5, 5.41) is 3.81. The van der Waals surface area contributed by atoms with Gasteiger partial charge in [-0.1, -0.05) is 84.9 Å². The van der Waals surface area contributed by atoms with Gasteiger partial charge in [0.2, 0.25) is 0 Å². The van der Waals surface area contributed by atoms with Gasteiger partial charge in [0.05, 0.1) is 12.1 Å². The number of fused-ring (bicyclic) bond motifs is 2. The topological polar surface area (TPSA) is 49.9 Å². The molecule has 192 valence electrons. The fourth-order valence-corrected chi connectivity index (χ4v) is 7.73. The molecule has 0 spiro atoms. The van der Waals surface area contributed by atoms with Crippen LogP contribution in [0.3, 0.4) is 0 Å². The van der Waals surface area contributed by atoms with E-state index in [4.69, 9.17) is 3.97 Å². The maximum atomic E-state index is 13.4. The molecule has 0 aliphatic carbocycles. The number of halogens is 3. The van der Waals surface area contributed by atoms with Crippen molar-refractivity contribution in [3.05, 3.63) is 108 Å². The summed E-state index contributed by atoms with van der Waals surface area (Å²) >= 11 is 0. The van der Waals surface area contributed by atoms with Gasteiger partial charge in [-0.05, 0) is 46.5 Å². The highest BCUT2D eigenvalue weighted by Gasteiger charge is 2.52. The van der Waals surface area contributed by atoms with Gasteiger partial charge < -0.3 is 9.34 Å². The van der Waals surface area contributed by atoms with E-state index in [2.05, 4.69) is 0 Å². The monoisotopic (exact) mass is 544 g/mol. The molecule has 5 rings (SSSR count). The van der Waals surface area contributed by atoms with E-state index in [9.17, 15) is 21.6 Å². The van der Waals surface area contributed by atoms with Crippen molar-refractivity contribution < 1.29 is 25.6 Å². The largest absolute Gasteiger partial charge is 0.523 e. The zero-order chi connectivity index (χ0) is 26.4. The van der Waals surface area contributed by atoms with Crippen LogP contribution in [0.1, 0.15) is 37.1 Å². The predicted molar refractivity (Wildman–Crippen MR) is 141 cm³/mol. The second-order valence-corrected chi connectivity index (χ2v) is 12.2. The summed E-state index contributed by atoms with van der Waals surface area (Å²) in [6, 6.07) is 25.9. The van der Waals surface area contributed by atoms with Crippen LogP contribution < -0.4 is 0 Å². The van der Waals surface area contributed by atoms with Crippen LogP contribution in [-0.2, 0) is 14.1 Å². The third-order valence-corrected chi connectivity index (χ3v) is 10.2. The molecule has 1 aliphatic rings. The lowest BCUT2D eigenvalue weighted by molar-refractivity contribution is -0.0500.